The zero-order valence-corrected chi connectivity index (χ0v) is 21.6. The van der Waals surface area contributed by atoms with Gasteiger partial charge < -0.3 is 19.3 Å². The van der Waals surface area contributed by atoms with Crippen LogP contribution in [0.25, 0.3) is 11.3 Å². The molecular weight excluding hydrogens is 456 g/mol. The average molecular weight is 493 g/mol. The highest BCUT2D eigenvalue weighted by Gasteiger charge is 2.29. The van der Waals surface area contributed by atoms with E-state index in [0.29, 0.717) is 22.2 Å². The molecule has 2 heterocycles. The van der Waals surface area contributed by atoms with Crippen LogP contribution in [0.3, 0.4) is 0 Å². The molecule has 1 aromatic carbocycles. The number of ketones is 1. The fraction of sp³-hybridized carbons (Fsp3) is 0.577. The third kappa shape index (κ3) is 9.11. The minimum atomic E-state index is -0.664. The van der Waals surface area contributed by atoms with Crippen molar-refractivity contribution in [1.29, 1.82) is 0 Å². The summed E-state index contributed by atoms with van der Waals surface area (Å²) in [7, 11) is 1.92. The van der Waals surface area contributed by atoms with Gasteiger partial charge in [-0.15, -0.1) is 0 Å². The molecule has 34 heavy (non-hydrogen) atoms. The monoisotopic (exact) mass is 492 g/mol. The van der Waals surface area contributed by atoms with E-state index in [4.69, 9.17) is 26.0 Å². The van der Waals surface area contributed by atoms with Crippen LogP contribution in [0.4, 0.5) is 0 Å². The molecule has 2 aromatic rings. The first-order chi connectivity index (χ1) is 16.1. The Balaban J connectivity index is 0.000000222. The van der Waals surface area contributed by atoms with Crippen molar-refractivity contribution in [2.45, 2.75) is 65.9 Å². The fourth-order valence-electron chi connectivity index (χ4n) is 3.74. The Hall–Kier alpha value is -2.38. The molecular formula is C26H37ClN2O5. The first-order valence-electron chi connectivity index (χ1n) is 11.9. The number of carbonyl (C=O) groups is 2. The van der Waals surface area contributed by atoms with Crippen LogP contribution in [-0.4, -0.2) is 53.2 Å². The van der Waals surface area contributed by atoms with E-state index in [0.717, 1.165) is 24.6 Å². The topological polar surface area (TPSA) is 92.9 Å². The number of aliphatic carboxylic acids is 1. The molecule has 0 spiro atoms. The highest BCUT2D eigenvalue weighted by molar-refractivity contribution is 6.32. The van der Waals surface area contributed by atoms with Crippen LogP contribution < -0.4 is 4.74 Å². The van der Waals surface area contributed by atoms with Crippen LogP contribution in [0.15, 0.2) is 28.8 Å². The molecule has 0 bridgehead atoms. The van der Waals surface area contributed by atoms with Crippen molar-refractivity contribution in [3.05, 3.63) is 35.0 Å². The van der Waals surface area contributed by atoms with Crippen molar-refractivity contribution in [3.63, 3.8) is 0 Å². The van der Waals surface area contributed by atoms with E-state index < -0.39 is 5.97 Å². The number of aromatic nitrogens is 1. The van der Waals surface area contributed by atoms with Crippen molar-refractivity contribution in [3.8, 4) is 17.1 Å². The van der Waals surface area contributed by atoms with Crippen LogP contribution in [-0.2, 0) is 4.79 Å². The van der Waals surface area contributed by atoms with Gasteiger partial charge in [0.25, 0.3) is 0 Å². The molecule has 7 nitrogen and oxygen atoms in total. The molecule has 1 aliphatic heterocycles. The minimum absolute atomic E-state index is 0.0537. The van der Waals surface area contributed by atoms with Gasteiger partial charge in [-0.2, -0.15) is 0 Å². The van der Waals surface area contributed by atoms with Gasteiger partial charge in [0.15, 0.2) is 11.5 Å². The molecule has 4 rings (SSSR count). The van der Waals surface area contributed by atoms with Gasteiger partial charge in [-0.1, -0.05) is 55.8 Å². The number of Topliss-reactive ketones (excluding diaryl/α,β-unsaturated/α-hetero) is 1. The van der Waals surface area contributed by atoms with Crippen molar-refractivity contribution in [1.82, 2.24) is 10.1 Å². The van der Waals surface area contributed by atoms with Gasteiger partial charge in [0.2, 0.25) is 0 Å². The molecule has 0 amide bonds. The number of benzene rings is 1. The van der Waals surface area contributed by atoms with Gasteiger partial charge in [-0.3, -0.25) is 9.59 Å². The summed E-state index contributed by atoms with van der Waals surface area (Å²) < 4.78 is 10.7. The molecule has 8 heteroatoms. The van der Waals surface area contributed by atoms with Crippen LogP contribution >= 0.6 is 11.6 Å². The van der Waals surface area contributed by atoms with E-state index in [9.17, 15) is 9.59 Å². The summed E-state index contributed by atoms with van der Waals surface area (Å²) in [5.41, 5.74) is 1.05. The maximum absolute atomic E-state index is 11.2. The second kappa shape index (κ2) is 13.5. The number of carboxylic acid groups (broad SMARTS) is 1. The third-order valence-electron chi connectivity index (χ3n) is 5.76. The van der Waals surface area contributed by atoms with E-state index in [1.807, 2.05) is 31.9 Å². The van der Waals surface area contributed by atoms with Crippen molar-refractivity contribution in [2.75, 3.05) is 20.1 Å². The Morgan fingerprint density at radius 1 is 1.18 bits per heavy atom. The van der Waals surface area contributed by atoms with Crippen molar-refractivity contribution < 1.29 is 24.0 Å². The molecule has 0 unspecified atom stereocenters. The SMILES string of the molecule is CC(=O)c1cc(-c2ccc(OC(C)C)c(Cl)c2)on1.CC1CCCCC1.CN1CC(C(=O)O)C1. The number of nitrogens with zero attached hydrogens (tertiary/aromatic N) is 2. The molecule has 0 atom stereocenters. The van der Waals surface area contributed by atoms with Gasteiger partial charge in [-0.05, 0) is 45.0 Å². The second-order valence-corrected chi connectivity index (χ2v) is 9.85. The van der Waals surface area contributed by atoms with Crippen LogP contribution in [0.1, 0.15) is 70.3 Å². The Kier molecular flexibility index (Phi) is 11.1. The number of hydrogen-bond acceptors (Lipinski definition) is 6. The summed E-state index contributed by atoms with van der Waals surface area (Å²) in [6.45, 7) is 9.09. The molecule has 1 saturated heterocycles. The third-order valence-corrected chi connectivity index (χ3v) is 6.05. The summed E-state index contributed by atoms with van der Waals surface area (Å²) in [6, 6.07) is 6.91. The Morgan fingerprint density at radius 3 is 2.21 bits per heavy atom. The van der Waals surface area contributed by atoms with Crippen molar-refractivity contribution in [2.24, 2.45) is 11.8 Å². The number of halogens is 1. The summed E-state index contributed by atoms with van der Waals surface area (Å²) >= 11 is 6.14. The molecule has 1 aromatic heterocycles. The molecule has 1 aliphatic carbocycles. The number of likely N-dealkylation sites (tertiary alicyclic amines) is 1. The van der Waals surface area contributed by atoms with Gasteiger partial charge in [0.1, 0.15) is 11.4 Å². The fourth-order valence-corrected chi connectivity index (χ4v) is 3.97. The molecule has 2 aliphatic rings. The largest absolute Gasteiger partial charge is 0.489 e. The van der Waals surface area contributed by atoms with E-state index >= 15 is 0 Å². The van der Waals surface area contributed by atoms with Gasteiger partial charge in [0, 0.05) is 31.6 Å². The summed E-state index contributed by atoms with van der Waals surface area (Å²) in [5, 5.41) is 12.5. The van der Waals surface area contributed by atoms with Crippen LogP contribution in [0, 0.1) is 11.8 Å². The summed E-state index contributed by atoms with van der Waals surface area (Å²) in [6.07, 6.45) is 7.49. The highest BCUT2D eigenvalue weighted by Crippen LogP contribution is 2.31. The van der Waals surface area contributed by atoms with Gasteiger partial charge >= 0.3 is 5.97 Å². The lowest BCUT2D eigenvalue weighted by Crippen LogP contribution is -2.47. The average Bonchev–Trinajstić information content (AvgIpc) is 3.25. The van der Waals surface area contributed by atoms with E-state index in [1.54, 1.807) is 18.2 Å². The van der Waals surface area contributed by atoms with E-state index in [-0.39, 0.29) is 17.8 Å². The normalized spacial score (nSPS) is 16.6. The Morgan fingerprint density at radius 2 is 1.82 bits per heavy atom. The number of carboxylic acids is 1. The van der Waals surface area contributed by atoms with Crippen molar-refractivity contribution >= 4 is 23.4 Å². The lowest BCUT2D eigenvalue weighted by Gasteiger charge is -2.32. The molecule has 188 valence electrons. The Labute approximate surface area is 207 Å². The van der Waals surface area contributed by atoms with Crippen LogP contribution in [0.5, 0.6) is 5.75 Å². The predicted molar refractivity (Wildman–Crippen MR) is 134 cm³/mol. The molecule has 0 radical (unpaired) electrons. The molecule has 1 N–H and O–H groups in total. The lowest BCUT2D eigenvalue weighted by molar-refractivity contribution is -0.146. The van der Waals surface area contributed by atoms with Crippen LogP contribution in [0.2, 0.25) is 5.02 Å². The zero-order valence-electron chi connectivity index (χ0n) is 20.8. The smallest absolute Gasteiger partial charge is 0.309 e. The van der Waals surface area contributed by atoms with Gasteiger partial charge in [0.05, 0.1) is 17.0 Å². The Bertz CT molecular complexity index is 931. The first-order valence-corrected chi connectivity index (χ1v) is 12.3. The maximum atomic E-state index is 11.2. The minimum Gasteiger partial charge on any atom is -0.489 e. The van der Waals surface area contributed by atoms with E-state index in [1.165, 1.54) is 39.0 Å². The number of rotatable bonds is 5. The molecule has 2 fully saturated rings. The number of hydrogen-bond donors (Lipinski definition) is 1. The molecule has 1 saturated carbocycles. The quantitative estimate of drug-likeness (QED) is 0.496. The maximum Gasteiger partial charge on any atom is 0.309 e. The number of carbonyl (C=O) groups excluding carboxylic acids is 1. The lowest BCUT2D eigenvalue weighted by atomic mass is 9.91. The predicted octanol–water partition coefficient (Wildman–Crippen LogP) is 6.20. The highest BCUT2D eigenvalue weighted by atomic mass is 35.5. The standard InChI is InChI=1S/C14H14ClNO3.C7H14.C5H9NO2/c1-8(2)18-13-5-4-10(6-11(13)15)14-7-12(9(3)17)16-19-14;1-7-5-3-2-4-6-7;1-6-2-4(3-6)5(7)8/h4-8H,1-3H3;7H,2-6H2,1H3;4H,2-3H2,1H3,(H,7,8). The first kappa shape index (κ1) is 27.9. The number of ether oxygens (including phenoxy) is 1. The van der Waals surface area contributed by atoms with Gasteiger partial charge in [-0.25, -0.2) is 0 Å². The second-order valence-electron chi connectivity index (χ2n) is 9.44. The summed E-state index contributed by atoms with van der Waals surface area (Å²) in [4.78, 5) is 23.2. The van der Waals surface area contributed by atoms with E-state index in [2.05, 4.69) is 12.1 Å². The summed E-state index contributed by atoms with van der Waals surface area (Å²) in [5.74, 6) is 1.26. The zero-order chi connectivity index (χ0) is 25.3.